The fraction of sp³-hybridized carbons (Fsp3) is 0.691. The lowest BCUT2D eigenvalue weighted by Gasteiger charge is -2.33. The van der Waals surface area contributed by atoms with E-state index in [0.29, 0.717) is 47.5 Å². The molecule has 1 amide bonds. The van der Waals surface area contributed by atoms with Gasteiger partial charge in [0.1, 0.15) is 29.4 Å². The monoisotopic (exact) mass is 1030 g/mol. The van der Waals surface area contributed by atoms with Crippen LogP contribution in [0.1, 0.15) is 146 Å². The van der Waals surface area contributed by atoms with E-state index in [4.69, 9.17) is 40.7 Å². The van der Waals surface area contributed by atoms with Crippen molar-refractivity contribution in [2.45, 2.75) is 180 Å². The van der Waals surface area contributed by atoms with Crippen molar-refractivity contribution in [2.75, 3.05) is 19.8 Å². The number of ether oxygens (including phenoxy) is 4. The third kappa shape index (κ3) is 17.8. The molecule has 0 bridgehead atoms. The number of carboxylic acids is 1. The van der Waals surface area contributed by atoms with Gasteiger partial charge in [0.25, 0.3) is 5.91 Å². The van der Waals surface area contributed by atoms with Crippen LogP contribution < -0.4 is 26.4 Å². The van der Waals surface area contributed by atoms with E-state index < -0.39 is 36.5 Å². The fourth-order valence-electron chi connectivity index (χ4n) is 11.9. The Morgan fingerprint density at radius 1 is 0.722 bits per heavy atom. The van der Waals surface area contributed by atoms with Gasteiger partial charge in [-0.1, -0.05) is 70.2 Å². The van der Waals surface area contributed by atoms with Gasteiger partial charge in [-0.05, 0) is 173 Å². The zero-order valence-electron chi connectivity index (χ0n) is 43.3. The van der Waals surface area contributed by atoms with Crippen molar-refractivity contribution in [3.63, 3.8) is 0 Å². The maximum atomic E-state index is 12.7. The molecule has 0 aliphatic heterocycles. The molecule has 2 saturated carbocycles. The lowest BCUT2D eigenvalue weighted by atomic mass is 9.72. The molecule has 6 rings (SSSR count). The maximum absolute atomic E-state index is 12.7. The Morgan fingerprint density at radius 3 is 1.86 bits per heavy atom. The molecule has 0 aromatic heterocycles. The average molecular weight is 1030 g/mol. The fourth-order valence-corrected chi connectivity index (χ4v) is 11.9. The van der Waals surface area contributed by atoms with Gasteiger partial charge in [-0.2, -0.15) is 9.90 Å². The number of carbonyl (C=O) groups is 5. The molecule has 404 valence electrons. The number of hydrogen-bond donors (Lipinski definition) is 7. The molecular weight excluding hydrogens is 942 g/mol. The first kappa shape index (κ1) is 60.4. The lowest BCUT2D eigenvalue weighted by molar-refractivity contribution is -0.152. The molecule has 72 heavy (non-hydrogen) atoms. The highest BCUT2D eigenvalue weighted by atomic mass is 31.0. The summed E-state index contributed by atoms with van der Waals surface area (Å²) in [7, 11) is 0. The summed E-state index contributed by atoms with van der Waals surface area (Å²) in [6.07, 6.45) is 16.1. The molecular formula is C55H86N3O13P. The number of nitrogens with one attached hydrogen (secondary N) is 1. The molecule has 4 aliphatic rings. The van der Waals surface area contributed by atoms with E-state index in [1.165, 1.54) is 16.6 Å². The highest BCUT2D eigenvalue weighted by Crippen LogP contribution is 2.53. The van der Waals surface area contributed by atoms with Crippen LogP contribution in [-0.2, 0) is 59.1 Å². The molecule has 0 heterocycles. The summed E-state index contributed by atoms with van der Waals surface area (Å²) >= 11 is 0. The van der Waals surface area contributed by atoms with Gasteiger partial charge in [0.05, 0.1) is 18.2 Å². The van der Waals surface area contributed by atoms with Gasteiger partial charge in [-0.15, -0.1) is 0 Å². The first-order valence-corrected chi connectivity index (χ1v) is 26.4. The molecule has 4 aliphatic carbocycles. The summed E-state index contributed by atoms with van der Waals surface area (Å²) in [5.74, 6) is 0.758. The zero-order chi connectivity index (χ0) is 51.6. The van der Waals surface area contributed by atoms with Crippen LogP contribution in [0.5, 0.6) is 11.5 Å². The number of unbranched alkanes of at least 4 members (excludes halogenated alkanes) is 4. The minimum atomic E-state index is -0.995. The molecule has 9 N–H and O–H groups in total. The van der Waals surface area contributed by atoms with Gasteiger partial charge in [0.15, 0.2) is 19.8 Å². The van der Waals surface area contributed by atoms with Gasteiger partial charge in [0.2, 0.25) is 0 Å². The third-order valence-corrected chi connectivity index (χ3v) is 15.6. The maximum Gasteiger partial charge on any atom is 0.344 e. The molecule has 0 radical (unpaired) electrons. The Kier molecular flexibility index (Phi) is 25.4. The second-order valence-corrected chi connectivity index (χ2v) is 20.9. The van der Waals surface area contributed by atoms with Gasteiger partial charge in [-0.3, -0.25) is 19.6 Å². The van der Waals surface area contributed by atoms with Crippen molar-refractivity contribution < 1.29 is 63.4 Å². The van der Waals surface area contributed by atoms with Crippen LogP contribution in [0.3, 0.4) is 0 Å². The largest absolute Gasteiger partial charge is 0.482 e. The smallest absolute Gasteiger partial charge is 0.344 e. The minimum Gasteiger partial charge on any atom is -0.482 e. The Labute approximate surface area is 430 Å². The predicted molar refractivity (Wildman–Crippen MR) is 278 cm³/mol. The molecule has 0 saturated heterocycles. The van der Waals surface area contributed by atoms with Crippen LogP contribution in [0, 0.1) is 41.4 Å². The molecule has 5 unspecified atom stereocenters. The number of Topliss-reactive ketones (excluding diaryl/α,β-unsaturated/α-hetero) is 1. The zero-order valence-corrected chi connectivity index (χ0v) is 44.7. The summed E-state index contributed by atoms with van der Waals surface area (Å²) < 4.78 is 21.9. The van der Waals surface area contributed by atoms with Crippen LogP contribution >= 0.6 is 9.90 Å². The summed E-state index contributed by atoms with van der Waals surface area (Å²) in [5, 5.41) is 38.6. The first-order valence-electron chi connectivity index (χ1n) is 26.4. The number of benzene rings is 2. The van der Waals surface area contributed by atoms with Gasteiger partial charge in [-0.25, -0.2) is 15.1 Å². The van der Waals surface area contributed by atoms with Crippen molar-refractivity contribution >= 4 is 39.5 Å². The summed E-state index contributed by atoms with van der Waals surface area (Å²) in [5.41, 5.74) is 17.6. The average Bonchev–Trinajstić information content (AvgIpc) is 3.84. The van der Waals surface area contributed by atoms with E-state index in [9.17, 15) is 34.2 Å². The van der Waals surface area contributed by atoms with Crippen molar-refractivity contribution in [3.8, 4) is 11.5 Å². The highest BCUT2D eigenvalue weighted by molar-refractivity contribution is 6.92. The van der Waals surface area contributed by atoms with E-state index in [-0.39, 0.29) is 65.0 Å². The molecule has 16 nitrogen and oxygen atoms in total. The molecule has 0 spiro atoms. The molecule has 2 aromatic rings. The number of esters is 2. The molecule has 13 atom stereocenters. The lowest BCUT2D eigenvalue weighted by Crippen LogP contribution is -2.33. The van der Waals surface area contributed by atoms with E-state index in [1.54, 1.807) is 13.8 Å². The first-order chi connectivity index (χ1) is 34.0. The number of aliphatic carboxylic acids is 1. The topological polar surface area (TPSA) is 267 Å². The second kappa shape index (κ2) is 30.3. The van der Waals surface area contributed by atoms with Crippen LogP contribution in [0.2, 0.25) is 0 Å². The third-order valence-electron chi connectivity index (χ3n) is 15.6. The van der Waals surface area contributed by atoms with Crippen molar-refractivity contribution in [1.29, 1.82) is 0 Å². The quantitative estimate of drug-likeness (QED) is 0.0162. The van der Waals surface area contributed by atoms with Gasteiger partial charge >= 0.3 is 17.9 Å². The minimum absolute atomic E-state index is 0. The number of hydrogen-bond acceptors (Lipinski definition) is 14. The van der Waals surface area contributed by atoms with Crippen LogP contribution in [-0.4, -0.2) is 100 Å². The van der Waals surface area contributed by atoms with Gasteiger partial charge < -0.3 is 45.7 Å². The number of nitrogens with two attached hydrogens (primary N) is 2. The number of ketones is 1. The van der Waals surface area contributed by atoms with Crippen LogP contribution in [0.15, 0.2) is 36.4 Å². The summed E-state index contributed by atoms with van der Waals surface area (Å²) in [6, 6.07) is 10.5. The number of hydroxylamine groups is 1. The van der Waals surface area contributed by atoms with Crippen LogP contribution in [0.4, 0.5) is 0 Å². The van der Waals surface area contributed by atoms with Crippen molar-refractivity contribution in [1.82, 2.24) is 5.48 Å². The summed E-state index contributed by atoms with van der Waals surface area (Å²) in [4.78, 5) is 58.9. The normalized spacial score (nSPS) is 24.2. The SMILES string of the molecule is CCCCC[C@@H](CC[C@H]1[C@H](CC(=O)C(C)N)C[C@@H]2Cc3c(cccc3OCC(=O)O)C[C@@H]21)OC(=O)C(C)N.CCCCC[C@@H](O)CC[C@@H]1C2Cc3cccc(OCC(=O)OCC(=O)NO)c3CC2C[C@H]1O.P. The highest BCUT2D eigenvalue weighted by Gasteiger charge is 2.47. The number of amides is 1. The number of rotatable bonds is 27. The van der Waals surface area contributed by atoms with Crippen LogP contribution in [0.25, 0.3) is 0 Å². The van der Waals surface area contributed by atoms with E-state index in [0.717, 1.165) is 127 Å². The number of aliphatic hydroxyl groups is 2. The Morgan fingerprint density at radius 2 is 1.29 bits per heavy atom. The van der Waals surface area contributed by atoms with E-state index >= 15 is 0 Å². The number of carboxylic acid groups (broad SMARTS) is 1. The Hall–Kier alpha value is -4.18. The van der Waals surface area contributed by atoms with Crippen molar-refractivity contribution in [2.24, 2.45) is 52.9 Å². The van der Waals surface area contributed by atoms with E-state index in [1.807, 2.05) is 24.3 Å². The number of carbonyl (C=O) groups excluding carboxylic acids is 4. The van der Waals surface area contributed by atoms with E-state index in [2.05, 4.69) is 26.0 Å². The molecule has 2 fully saturated rings. The number of aliphatic hydroxyl groups excluding tert-OH is 2. The standard InChI is InChI=1S/C30H46N2O6.C25H37NO7.H3P/c1-4-5-6-9-23(38-30(36)19(3)32)11-12-24-22(16-27(33)18(2)31)13-21-15-26-20(14-25(21)24)8-7-10-28(26)37-17-29(34)35;1-2-3-4-7-18(27)9-10-19-20-11-16-6-5-8-23(21(16)12-17(20)13-22(19)28)32-15-25(30)33-14-24(29)26-31;/h7-8,10,18-19,21-25H,4-6,9,11-17,31-32H2,1-3H3,(H,34,35);5-6,8,17-20,22,27-28,31H,2-4,7,9-15H2,1H3,(H,26,29);1H3/t18?,19?,21-,22+,23+,24+,25+;17?,18-,19-,20?,22-;/m11./s1. The second-order valence-electron chi connectivity index (χ2n) is 20.9. The molecule has 17 heteroatoms. The van der Waals surface area contributed by atoms with Gasteiger partial charge in [0, 0.05) is 6.42 Å². The predicted octanol–water partition coefficient (Wildman–Crippen LogP) is 6.65. The number of fused-ring (bicyclic) bond motifs is 4. The Balaban J connectivity index is 0.000000311. The molecule has 2 aromatic carbocycles. The van der Waals surface area contributed by atoms with Crippen molar-refractivity contribution in [3.05, 3.63) is 58.7 Å². The Bertz CT molecular complexity index is 2050. The summed E-state index contributed by atoms with van der Waals surface area (Å²) in [6.45, 7) is 6.45.